The molecule has 8 heteroatoms. The van der Waals surface area contributed by atoms with E-state index in [0.717, 1.165) is 11.3 Å². The zero-order chi connectivity index (χ0) is 21.0. The Bertz CT molecular complexity index is 911. The number of piperidine rings is 1. The molecule has 7 nitrogen and oxygen atoms in total. The van der Waals surface area contributed by atoms with Crippen LogP contribution in [0.3, 0.4) is 0 Å². The van der Waals surface area contributed by atoms with Crippen molar-refractivity contribution in [2.45, 2.75) is 26.3 Å². The quantitative estimate of drug-likeness (QED) is 0.591. The first-order valence-corrected chi connectivity index (χ1v) is 9.49. The van der Waals surface area contributed by atoms with Gasteiger partial charge in [-0.05, 0) is 43.0 Å². The average molecular weight is 401 g/mol. The van der Waals surface area contributed by atoms with Crippen molar-refractivity contribution in [2.75, 3.05) is 25.1 Å². The third-order valence-corrected chi connectivity index (χ3v) is 5.29. The predicted octanol–water partition coefficient (Wildman–Crippen LogP) is 3.58. The van der Waals surface area contributed by atoms with Gasteiger partial charge in [-0.3, -0.25) is 14.9 Å². The number of aryl methyl sites for hydroxylation is 1. The fraction of sp³-hybridized carbons (Fsp3) is 0.381. The zero-order valence-corrected chi connectivity index (χ0v) is 16.5. The highest BCUT2D eigenvalue weighted by atomic mass is 19.1. The molecule has 2 aromatic rings. The van der Waals surface area contributed by atoms with Crippen LogP contribution >= 0.6 is 0 Å². The van der Waals surface area contributed by atoms with E-state index >= 15 is 0 Å². The highest BCUT2D eigenvalue weighted by Gasteiger charge is 2.26. The number of nitrogens with zero attached hydrogens (tertiary/aromatic N) is 2. The average Bonchev–Trinajstić information content (AvgIpc) is 2.73. The Morgan fingerprint density at radius 2 is 2.00 bits per heavy atom. The van der Waals surface area contributed by atoms with E-state index in [-0.39, 0.29) is 29.1 Å². The number of carbonyl (C=O) groups is 1. The van der Waals surface area contributed by atoms with Gasteiger partial charge in [0.05, 0.1) is 12.0 Å². The van der Waals surface area contributed by atoms with Crippen LogP contribution in [0.4, 0.5) is 15.8 Å². The molecule has 0 aromatic heterocycles. The molecule has 1 heterocycles. The van der Waals surface area contributed by atoms with Crippen LogP contribution in [0.5, 0.6) is 5.75 Å². The van der Waals surface area contributed by atoms with Crippen molar-refractivity contribution in [3.05, 3.63) is 63.5 Å². The Hall–Kier alpha value is -3.16. The van der Waals surface area contributed by atoms with Gasteiger partial charge in [0.2, 0.25) is 5.91 Å². The molecular weight excluding hydrogens is 377 g/mol. The van der Waals surface area contributed by atoms with Gasteiger partial charge in [0.15, 0.2) is 5.75 Å². The molecule has 1 aliphatic rings. The highest BCUT2D eigenvalue weighted by molar-refractivity contribution is 5.79. The Balaban J connectivity index is 1.55. The molecule has 1 aliphatic heterocycles. The smallest absolute Gasteiger partial charge is 0.311 e. The molecule has 0 spiro atoms. The van der Waals surface area contributed by atoms with Crippen molar-refractivity contribution >= 4 is 17.3 Å². The number of hydrogen-bond donors (Lipinski definition) is 1. The Morgan fingerprint density at radius 3 is 2.62 bits per heavy atom. The maximum absolute atomic E-state index is 13.6. The van der Waals surface area contributed by atoms with E-state index in [9.17, 15) is 19.3 Å². The van der Waals surface area contributed by atoms with Gasteiger partial charge in [-0.1, -0.05) is 12.1 Å². The standard InChI is InChI=1S/C21H24FN3O4/c1-14-3-4-15(11-18(14)22)13-23-21(26)16-7-9-24(10-8-16)17-5-6-19(25(27)28)20(12-17)29-2/h3-6,11-12,16H,7-10,13H2,1-2H3,(H,23,26). The summed E-state index contributed by atoms with van der Waals surface area (Å²) >= 11 is 0. The van der Waals surface area contributed by atoms with E-state index < -0.39 is 4.92 Å². The first kappa shape index (κ1) is 20.6. The number of nitro benzene ring substituents is 1. The Labute approximate surface area is 168 Å². The first-order chi connectivity index (χ1) is 13.9. The third kappa shape index (κ3) is 4.82. The number of nitrogens with one attached hydrogen (secondary N) is 1. The lowest BCUT2D eigenvalue weighted by Crippen LogP contribution is -2.40. The number of ether oxygens (including phenoxy) is 1. The number of methoxy groups -OCH3 is 1. The summed E-state index contributed by atoms with van der Waals surface area (Å²) in [5.41, 5.74) is 2.08. The Morgan fingerprint density at radius 1 is 1.28 bits per heavy atom. The topological polar surface area (TPSA) is 84.7 Å². The lowest BCUT2D eigenvalue weighted by molar-refractivity contribution is -0.385. The minimum Gasteiger partial charge on any atom is -0.490 e. The summed E-state index contributed by atoms with van der Waals surface area (Å²) in [4.78, 5) is 25.1. The second kappa shape index (κ2) is 8.89. The number of rotatable bonds is 6. The highest BCUT2D eigenvalue weighted by Crippen LogP contribution is 2.33. The molecule has 1 N–H and O–H groups in total. The molecule has 2 aromatic carbocycles. The van der Waals surface area contributed by atoms with Crippen LogP contribution in [0, 0.1) is 28.8 Å². The van der Waals surface area contributed by atoms with Gasteiger partial charge < -0.3 is 15.0 Å². The van der Waals surface area contributed by atoms with Gasteiger partial charge in [-0.15, -0.1) is 0 Å². The number of hydrogen-bond acceptors (Lipinski definition) is 5. The molecule has 3 rings (SSSR count). The van der Waals surface area contributed by atoms with E-state index in [4.69, 9.17) is 4.74 Å². The van der Waals surface area contributed by atoms with E-state index in [0.29, 0.717) is 38.0 Å². The van der Waals surface area contributed by atoms with Crippen molar-refractivity contribution in [3.8, 4) is 5.75 Å². The zero-order valence-electron chi connectivity index (χ0n) is 16.5. The lowest BCUT2D eigenvalue weighted by atomic mass is 9.95. The van der Waals surface area contributed by atoms with Crippen molar-refractivity contribution in [1.82, 2.24) is 5.32 Å². The van der Waals surface area contributed by atoms with E-state index in [1.807, 2.05) is 6.07 Å². The second-order valence-corrected chi connectivity index (χ2v) is 7.18. The van der Waals surface area contributed by atoms with E-state index in [1.54, 1.807) is 25.1 Å². The summed E-state index contributed by atoms with van der Waals surface area (Å²) < 4.78 is 18.7. The van der Waals surface area contributed by atoms with Crippen LogP contribution in [0.2, 0.25) is 0 Å². The molecule has 1 amide bonds. The molecule has 0 atom stereocenters. The third-order valence-electron chi connectivity index (χ3n) is 5.29. The maximum Gasteiger partial charge on any atom is 0.311 e. The van der Waals surface area contributed by atoms with Crippen LogP contribution in [0.25, 0.3) is 0 Å². The van der Waals surface area contributed by atoms with Crippen LogP contribution in [-0.4, -0.2) is 31.0 Å². The van der Waals surface area contributed by atoms with Gasteiger partial charge in [0.25, 0.3) is 0 Å². The fourth-order valence-corrected chi connectivity index (χ4v) is 3.49. The minimum atomic E-state index is -0.473. The van der Waals surface area contributed by atoms with Crippen LogP contribution in [0.1, 0.15) is 24.0 Å². The van der Waals surface area contributed by atoms with Crippen LogP contribution in [0.15, 0.2) is 36.4 Å². The SMILES string of the molecule is COc1cc(N2CCC(C(=O)NCc3ccc(C)c(F)c3)CC2)ccc1[N+](=O)[O-]. The second-order valence-electron chi connectivity index (χ2n) is 7.18. The van der Waals surface area contributed by atoms with Gasteiger partial charge in [-0.25, -0.2) is 4.39 Å². The first-order valence-electron chi connectivity index (χ1n) is 9.49. The number of carbonyl (C=O) groups excluding carboxylic acids is 1. The predicted molar refractivity (Wildman–Crippen MR) is 108 cm³/mol. The van der Waals surface area contributed by atoms with Gasteiger partial charge in [-0.2, -0.15) is 0 Å². The molecule has 1 fully saturated rings. The fourth-order valence-electron chi connectivity index (χ4n) is 3.49. The van der Waals surface area contributed by atoms with Crippen molar-refractivity contribution in [3.63, 3.8) is 0 Å². The summed E-state index contributed by atoms with van der Waals surface area (Å²) in [5, 5.41) is 13.9. The Kier molecular flexibility index (Phi) is 6.31. The summed E-state index contributed by atoms with van der Waals surface area (Å²) in [6, 6.07) is 9.75. The molecule has 154 valence electrons. The van der Waals surface area contributed by atoms with Gasteiger partial charge in [0, 0.05) is 43.4 Å². The van der Waals surface area contributed by atoms with E-state index in [2.05, 4.69) is 10.2 Å². The molecular formula is C21H24FN3O4. The maximum atomic E-state index is 13.6. The summed E-state index contributed by atoms with van der Waals surface area (Å²) in [7, 11) is 1.41. The van der Waals surface area contributed by atoms with Gasteiger partial charge >= 0.3 is 5.69 Å². The number of amides is 1. The number of nitro groups is 1. The summed E-state index contributed by atoms with van der Waals surface area (Å²) in [5.74, 6) is -0.199. The molecule has 0 bridgehead atoms. The molecule has 0 radical (unpaired) electrons. The van der Waals surface area contributed by atoms with Gasteiger partial charge in [0.1, 0.15) is 5.82 Å². The molecule has 0 saturated carbocycles. The molecule has 1 saturated heterocycles. The summed E-state index contributed by atoms with van der Waals surface area (Å²) in [6.45, 7) is 3.33. The number of halogens is 1. The van der Waals surface area contributed by atoms with Crippen molar-refractivity contribution in [2.24, 2.45) is 5.92 Å². The lowest BCUT2D eigenvalue weighted by Gasteiger charge is -2.33. The normalized spacial score (nSPS) is 14.5. The van der Waals surface area contributed by atoms with Crippen molar-refractivity contribution in [1.29, 1.82) is 0 Å². The molecule has 29 heavy (non-hydrogen) atoms. The summed E-state index contributed by atoms with van der Waals surface area (Å²) in [6.07, 6.45) is 1.35. The monoisotopic (exact) mass is 401 g/mol. The van der Waals surface area contributed by atoms with Crippen LogP contribution in [-0.2, 0) is 11.3 Å². The number of anilines is 1. The van der Waals surface area contributed by atoms with Crippen molar-refractivity contribution < 1.29 is 18.8 Å². The minimum absolute atomic E-state index is 0.0353. The largest absolute Gasteiger partial charge is 0.490 e. The molecule has 0 aliphatic carbocycles. The van der Waals surface area contributed by atoms with E-state index in [1.165, 1.54) is 19.2 Å². The molecule has 0 unspecified atom stereocenters. The number of benzene rings is 2. The van der Waals surface area contributed by atoms with Crippen LogP contribution < -0.4 is 15.0 Å².